The molecule has 0 amide bonds. The minimum Gasteiger partial charge on any atom is -0.481 e. The fourth-order valence-electron chi connectivity index (χ4n) is 1.62. The molecule has 0 fully saturated rings. The molecule has 94 valence electrons. The molecule has 0 saturated carbocycles. The molecule has 0 saturated heterocycles. The molecule has 5 heteroatoms. The zero-order valence-electron chi connectivity index (χ0n) is 9.29. The van der Waals surface area contributed by atoms with Gasteiger partial charge in [0.25, 0.3) is 5.92 Å². The highest BCUT2D eigenvalue weighted by molar-refractivity contribution is 9.10. The zero-order valence-corrected chi connectivity index (χ0v) is 10.9. The van der Waals surface area contributed by atoms with Crippen molar-refractivity contribution in [2.24, 2.45) is 5.92 Å². The zero-order chi connectivity index (χ0) is 13.1. The van der Waals surface area contributed by atoms with Gasteiger partial charge in [-0.1, -0.05) is 35.0 Å². The van der Waals surface area contributed by atoms with Crippen molar-refractivity contribution in [2.45, 2.75) is 25.7 Å². The van der Waals surface area contributed by atoms with Gasteiger partial charge in [0.05, 0.1) is 0 Å². The molecule has 1 atom stereocenters. The predicted molar refractivity (Wildman–Crippen MR) is 64.1 cm³/mol. The van der Waals surface area contributed by atoms with Crippen molar-refractivity contribution in [1.29, 1.82) is 0 Å². The van der Waals surface area contributed by atoms with Gasteiger partial charge in [0.2, 0.25) is 0 Å². The Bertz CT molecular complexity index is 390. The number of hydrogen-bond acceptors (Lipinski definition) is 1. The maximum atomic E-state index is 13.8. The Labute approximate surface area is 107 Å². The van der Waals surface area contributed by atoms with Crippen LogP contribution >= 0.6 is 15.9 Å². The normalized spacial score (nSPS) is 13.4. The second-order valence-corrected chi connectivity index (χ2v) is 5.03. The summed E-state index contributed by atoms with van der Waals surface area (Å²) in [6, 6.07) is 5.78. The van der Waals surface area contributed by atoms with Crippen LogP contribution in [0.1, 0.15) is 25.3 Å². The van der Waals surface area contributed by atoms with Crippen molar-refractivity contribution in [2.75, 3.05) is 0 Å². The highest BCUT2D eigenvalue weighted by Gasteiger charge is 2.33. The van der Waals surface area contributed by atoms with Gasteiger partial charge in [-0.3, -0.25) is 4.79 Å². The van der Waals surface area contributed by atoms with E-state index in [0.717, 1.165) is 4.47 Å². The lowest BCUT2D eigenvalue weighted by molar-refractivity contribution is -0.138. The predicted octanol–water partition coefficient (Wildman–Crippen LogP) is 4.04. The lowest BCUT2D eigenvalue weighted by atomic mass is 9.95. The van der Waals surface area contributed by atoms with Crippen molar-refractivity contribution in [3.63, 3.8) is 0 Å². The largest absolute Gasteiger partial charge is 0.481 e. The number of benzene rings is 1. The van der Waals surface area contributed by atoms with Crippen molar-refractivity contribution in [1.82, 2.24) is 0 Å². The first-order valence-electron chi connectivity index (χ1n) is 5.17. The van der Waals surface area contributed by atoms with Crippen LogP contribution in [0.3, 0.4) is 0 Å². The van der Waals surface area contributed by atoms with Gasteiger partial charge >= 0.3 is 5.97 Å². The number of carboxylic acids is 1. The summed E-state index contributed by atoms with van der Waals surface area (Å²) in [5.41, 5.74) is -0.0852. The van der Waals surface area contributed by atoms with E-state index >= 15 is 0 Å². The van der Waals surface area contributed by atoms with E-state index < -0.39 is 24.2 Å². The molecule has 0 aliphatic carbocycles. The van der Waals surface area contributed by atoms with Crippen LogP contribution in [0.15, 0.2) is 28.7 Å². The number of aliphatic carboxylic acids is 1. The van der Waals surface area contributed by atoms with E-state index in [1.165, 1.54) is 19.1 Å². The maximum Gasteiger partial charge on any atom is 0.303 e. The number of halogens is 3. The van der Waals surface area contributed by atoms with Gasteiger partial charge in [-0.15, -0.1) is 0 Å². The molecule has 17 heavy (non-hydrogen) atoms. The highest BCUT2D eigenvalue weighted by atomic mass is 79.9. The molecular formula is C12H13BrF2O2. The third-order valence-corrected chi connectivity index (χ3v) is 2.92. The van der Waals surface area contributed by atoms with Gasteiger partial charge < -0.3 is 5.11 Å². The van der Waals surface area contributed by atoms with Crippen LogP contribution in [0.5, 0.6) is 0 Å². The van der Waals surface area contributed by atoms with Crippen LogP contribution in [-0.4, -0.2) is 11.1 Å². The Morgan fingerprint density at radius 3 is 2.41 bits per heavy atom. The van der Waals surface area contributed by atoms with Crippen molar-refractivity contribution < 1.29 is 18.7 Å². The summed E-state index contributed by atoms with van der Waals surface area (Å²) >= 11 is 3.17. The standard InChI is InChI=1S/C12H13BrF2O2/c1-8(6-11(16)17)7-12(14,15)9-2-4-10(13)5-3-9/h2-5,8H,6-7H2,1H3,(H,16,17). The molecule has 1 N–H and O–H groups in total. The molecule has 0 aliphatic rings. The van der Waals surface area contributed by atoms with E-state index in [-0.39, 0.29) is 12.0 Å². The fraction of sp³-hybridized carbons (Fsp3) is 0.417. The summed E-state index contributed by atoms with van der Waals surface area (Å²) in [6.07, 6.45) is -0.701. The quantitative estimate of drug-likeness (QED) is 0.891. The van der Waals surface area contributed by atoms with E-state index in [0.29, 0.717) is 0 Å². The number of hydrogen-bond donors (Lipinski definition) is 1. The second kappa shape index (κ2) is 5.58. The molecule has 0 radical (unpaired) electrons. The maximum absolute atomic E-state index is 13.8. The summed E-state index contributed by atoms with van der Waals surface area (Å²) in [6.45, 7) is 1.51. The molecule has 0 aromatic heterocycles. The van der Waals surface area contributed by atoms with Crippen LogP contribution in [0.4, 0.5) is 8.78 Å². The Morgan fingerprint density at radius 2 is 1.94 bits per heavy atom. The first kappa shape index (κ1) is 14.1. The van der Waals surface area contributed by atoms with E-state index in [4.69, 9.17) is 5.11 Å². The third-order valence-electron chi connectivity index (χ3n) is 2.39. The Kier molecular flexibility index (Phi) is 4.62. The van der Waals surface area contributed by atoms with E-state index in [9.17, 15) is 13.6 Å². The Balaban J connectivity index is 2.73. The van der Waals surface area contributed by atoms with E-state index in [2.05, 4.69) is 15.9 Å². The third kappa shape index (κ3) is 4.42. The Hall–Kier alpha value is -0.970. The van der Waals surface area contributed by atoms with E-state index in [1.807, 2.05) is 0 Å². The molecule has 0 spiro atoms. The molecule has 1 aromatic carbocycles. The molecule has 1 aromatic rings. The van der Waals surface area contributed by atoms with Crippen molar-refractivity contribution >= 4 is 21.9 Å². The van der Waals surface area contributed by atoms with Crippen LogP contribution in [-0.2, 0) is 10.7 Å². The first-order valence-corrected chi connectivity index (χ1v) is 5.96. The summed E-state index contributed by atoms with van der Waals surface area (Å²) in [4.78, 5) is 10.4. The monoisotopic (exact) mass is 306 g/mol. The molecule has 0 bridgehead atoms. The van der Waals surface area contributed by atoms with Gasteiger partial charge in [-0.25, -0.2) is 8.78 Å². The number of carboxylic acid groups (broad SMARTS) is 1. The van der Waals surface area contributed by atoms with Crippen LogP contribution in [0.2, 0.25) is 0 Å². The van der Waals surface area contributed by atoms with Gasteiger partial charge in [-0.2, -0.15) is 0 Å². The van der Waals surface area contributed by atoms with E-state index in [1.54, 1.807) is 12.1 Å². The molecule has 0 aliphatic heterocycles. The smallest absolute Gasteiger partial charge is 0.303 e. The van der Waals surface area contributed by atoms with Crippen molar-refractivity contribution in [3.05, 3.63) is 34.3 Å². The van der Waals surface area contributed by atoms with Crippen LogP contribution in [0, 0.1) is 5.92 Å². The topological polar surface area (TPSA) is 37.3 Å². The lowest BCUT2D eigenvalue weighted by Crippen LogP contribution is -2.19. The van der Waals surface area contributed by atoms with Gasteiger partial charge in [-0.05, 0) is 18.1 Å². The minimum absolute atomic E-state index is 0.0852. The number of alkyl halides is 2. The second-order valence-electron chi connectivity index (χ2n) is 4.12. The van der Waals surface area contributed by atoms with Gasteiger partial charge in [0, 0.05) is 22.9 Å². The minimum atomic E-state index is -2.99. The highest BCUT2D eigenvalue weighted by Crippen LogP contribution is 2.35. The summed E-state index contributed by atoms with van der Waals surface area (Å²) in [5, 5.41) is 8.54. The summed E-state index contributed by atoms with van der Waals surface area (Å²) in [7, 11) is 0. The summed E-state index contributed by atoms with van der Waals surface area (Å²) in [5.74, 6) is -4.61. The summed E-state index contributed by atoms with van der Waals surface area (Å²) < 4.78 is 28.3. The molecule has 0 heterocycles. The molecular weight excluding hydrogens is 294 g/mol. The lowest BCUT2D eigenvalue weighted by Gasteiger charge is -2.20. The van der Waals surface area contributed by atoms with Gasteiger partial charge in [0.1, 0.15) is 0 Å². The molecule has 1 unspecified atom stereocenters. The van der Waals surface area contributed by atoms with Crippen LogP contribution < -0.4 is 0 Å². The molecule has 2 nitrogen and oxygen atoms in total. The average molecular weight is 307 g/mol. The van der Waals surface area contributed by atoms with Crippen molar-refractivity contribution in [3.8, 4) is 0 Å². The Morgan fingerprint density at radius 1 is 1.41 bits per heavy atom. The number of rotatable bonds is 5. The van der Waals surface area contributed by atoms with Crippen LogP contribution in [0.25, 0.3) is 0 Å². The fourth-order valence-corrected chi connectivity index (χ4v) is 1.88. The number of carbonyl (C=O) groups is 1. The first-order chi connectivity index (χ1) is 7.81. The SMILES string of the molecule is CC(CC(=O)O)CC(F)(F)c1ccc(Br)cc1. The van der Waals surface area contributed by atoms with Gasteiger partial charge in [0.15, 0.2) is 0 Å². The molecule has 1 rings (SSSR count). The average Bonchev–Trinajstić information content (AvgIpc) is 2.15.